The first kappa shape index (κ1) is 27.7. The zero-order valence-electron chi connectivity index (χ0n) is 21.4. The summed E-state index contributed by atoms with van der Waals surface area (Å²) in [5.74, 6) is -1.67. The summed E-state index contributed by atoms with van der Waals surface area (Å²) < 4.78 is 25.9. The van der Waals surface area contributed by atoms with Gasteiger partial charge in [0, 0.05) is 23.3 Å². The molecule has 0 aromatic heterocycles. The van der Waals surface area contributed by atoms with E-state index in [2.05, 4.69) is 11.9 Å². The van der Waals surface area contributed by atoms with Gasteiger partial charge in [-0.15, -0.1) is 6.58 Å². The van der Waals surface area contributed by atoms with Crippen LogP contribution in [0.15, 0.2) is 78.9 Å². The van der Waals surface area contributed by atoms with Gasteiger partial charge < -0.3 is 9.47 Å². The second kappa shape index (κ2) is 12.0. The Morgan fingerprint density at radius 2 is 1.82 bits per heavy atom. The third-order valence-electron chi connectivity index (χ3n) is 5.86. The number of imide groups is 2. The highest BCUT2D eigenvalue weighted by Crippen LogP contribution is 2.36. The molecule has 3 aromatic carbocycles. The van der Waals surface area contributed by atoms with E-state index in [0.29, 0.717) is 39.5 Å². The van der Waals surface area contributed by atoms with Crippen LogP contribution < -0.4 is 19.7 Å². The van der Waals surface area contributed by atoms with E-state index < -0.39 is 28.6 Å². The number of non-ortho nitro benzene ring substituents is 1. The molecule has 0 saturated carbocycles. The van der Waals surface area contributed by atoms with Crippen LogP contribution in [0.25, 0.3) is 6.08 Å². The predicted molar refractivity (Wildman–Crippen MR) is 144 cm³/mol. The zero-order chi connectivity index (χ0) is 28.8. The van der Waals surface area contributed by atoms with Crippen molar-refractivity contribution in [3.63, 3.8) is 0 Å². The standard InChI is InChI=1S/C29H24FN3O7/c1-3-8-19-13-18(15-25(39-4-2)26(19)40-17-20-9-5-6-12-24(20)30)14-23-27(34)31-29(36)32(28(23)35)21-10-7-11-22(16-21)33(37)38/h3,5-7,9-16H,1,4,8,17H2,2H3,(H,31,34,36)/b23-14+. The fourth-order valence-corrected chi connectivity index (χ4v) is 4.07. The number of nitro groups is 1. The molecule has 0 aliphatic carbocycles. The normalized spacial score (nSPS) is 14.2. The maximum atomic E-state index is 14.2. The van der Waals surface area contributed by atoms with Crippen molar-refractivity contribution < 1.29 is 33.2 Å². The summed E-state index contributed by atoms with van der Waals surface area (Å²) in [7, 11) is 0. The van der Waals surface area contributed by atoms with Crippen LogP contribution in [0.4, 0.5) is 20.6 Å². The first-order valence-corrected chi connectivity index (χ1v) is 12.2. The Morgan fingerprint density at radius 3 is 2.52 bits per heavy atom. The molecular formula is C29H24FN3O7. The van der Waals surface area contributed by atoms with E-state index in [9.17, 15) is 28.9 Å². The van der Waals surface area contributed by atoms with Crippen molar-refractivity contribution in [2.75, 3.05) is 11.5 Å². The zero-order valence-corrected chi connectivity index (χ0v) is 21.4. The van der Waals surface area contributed by atoms with E-state index in [0.717, 1.165) is 6.07 Å². The number of anilines is 1. The average Bonchev–Trinajstić information content (AvgIpc) is 2.92. The first-order chi connectivity index (χ1) is 19.2. The number of hydrogen-bond acceptors (Lipinski definition) is 7. The maximum Gasteiger partial charge on any atom is 0.335 e. The molecule has 1 N–H and O–H groups in total. The monoisotopic (exact) mass is 545 g/mol. The smallest absolute Gasteiger partial charge is 0.335 e. The minimum absolute atomic E-state index is 0.0709. The molecule has 1 aliphatic heterocycles. The molecule has 1 fully saturated rings. The van der Waals surface area contributed by atoms with Crippen molar-refractivity contribution in [2.45, 2.75) is 20.0 Å². The lowest BCUT2D eigenvalue weighted by Crippen LogP contribution is -2.54. The fraction of sp³-hybridized carbons (Fsp3) is 0.138. The van der Waals surface area contributed by atoms with Crippen molar-refractivity contribution in [2.24, 2.45) is 0 Å². The van der Waals surface area contributed by atoms with Gasteiger partial charge >= 0.3 is 6.03 Å². The second-order valence-electron chi connectivity index (χ2n) is 8.55. The lowest BCUT2D eigenvalue weighted by Gasteiger charge is -2.26. The molecule has 204 valence electrons. The quantitative estimate of drug-likeness (QED) is 0.123. The van der Waals surface area contributed by atoms with Crippen LogP contribution in [-0.4, -0.2) is 29.4 Å². The van der Waals surface area contributed by atoms with Gasteiger partial charge in [0.25, 0.3) is 17.5 Å². The SMILES string of the molecule is C=CCc1cc(/C=C2\C(=O)NC(=O)N(c3cccc([N+](=O)[O-])c3)C2=O)cc(OCC)c1OCc1ccccc1F. The Bertz CT molecular complexity index is 1550. The van der Waals surface area contributed by atoms with Gasteiger partial charge in [-0.25, -0.2) is 14.1 Å². The largest absolute Gasteiger partial charge is 0.490 e. The summed E-state index contributed by atoms with van der Waals surface area (Å²) >= 11 is 0. The second-order valence-corrected chi connectivity index (χ2v) is 8.55. The van der Waals surface area contributed by atoms with Crippen molar-refractivity contribution >= 4 is 35.3 Å². The van der Waals surface area contributed by atoms with Crippen molar-refractivity contribution in [1.29, 1.82) is 0 Å². The number of urea groups is 1. The average molecular weight is 546 g/mol. The number of ether oxygens (including phenoxy) is 2. The van der Waals surface area contributed by atoms with Gasteiger partial charge in [0.2, 0.25) is 0 Å². The number of rotatable bonds is 10. The summed E-state index contributed by atoms with van der Waals surface area (Å²) in [6.07, 6.45) is 3.23. The lowest BCUT2D eigenvalue weighted by atomic mass is 10.0. The van der Waals surface area contributed by atoms with E-state index in [1.54, 1.807) is 43.3 Å². The molecule has 0 radical (unpaired) electrons. The molecular weight excluding hydrogens is 521 g/mol. The molecule has 1 heterocycles. The van der Waals surface area contributed by atoms with Gasteiger partial charge in [-0.2, -0.15) is 0 Å². The van der Waals surface area contributed by atoms with Crippen LogP contribution in [0.5, 0.6) is 11.5 Å². The summed E-state index contributed by atoms with van der Waals surface area (Å²) in [6, 6.07) is 13.3. The van der Waals surface area contributed by atoms with Crippen LogP contribution in [0.3, 0.4) is 0 Å². The van der Waals surface area contributed by atoms with Gasteiger partial charge in [0.1, 0.15) is 18.0 Å². The molecule has 0 bridgehead atoms. The van der Waals surface area contributed by atoms with Crippen LogP contribution >= 0.6 is 0 Å². The molecule has 1 aliphatic rings. The molecule has 0 spiro atoms. The predicted octanol–water partition coefficient (Wildman–Crippen LogP) is 5.11. The molecule has 10 nitrogen and oxygen atoms in total. The summed E-state index contributed by atoms with van der Waals surface area (Å²) in [5.41, 5.74) is 0.537. The Balaban J connectivity index is 1.73. The van der Waals surface area contributed by atoms with Gasteiger partial charge in [-0.1, -0.05) is 30.3 Å². The maximum absolute atomic E-state index is 14.2. The number of hydrogen-bond donors (Lipinski definition) is 1. The topological polar surface area (TPSA) is 128 Å². The summed E-state index contributed by atoms with van der Waals surface area (Å²) in [4.78, 5) is 49.7. The van der Waals surface area contributed by atoms with Crippen molar-refractivity contribution in [1.82, 2.24) is 5.32 Å². The van der Waals surface area contributed by atoms with Gasteiger partial charge in [-0.05, 0) is 49.2 Å². The van der Waals surface area contributed by atoms with Crippen LogP contribution in [0, 0.1) is 15.9 Å². The van der Waals surface area contributed by atoms with Gasteiger partial charge in [-0.3, -0.25) is 25.0 Å². The fourth-order valence-electron chi connectivity index (χ4n) is 4.07. The molecule has 40 heavy (non-hydrogen) atoms. The Kier molecular flexibility index (Phi) is 8.33. The van der Waals surface area contributed by atoms with Crippen molar-refractivity contribution in [3.05, 3.63) is 112 Å². The number of amides is 4. The van der Waals surface area contributed by atoms with Crippen LogP contribution in [-0.2, 0) is 22.6 Å². The molecule has 4 amide bonds. The van der Waals surface area contributed by atoms with Crippen LogP contribution in [0.2, 0.25) is 0 Å². The Hall–Kier alpha value is -5.32. The summed E-state index contributed by atoms with van der Waals surface area (Å²) in [6.45, 7) is 5.72. The number of barbiturate groups is 1. The number of nitro benzene ring substituents is 1. The third kappa shape index (κ3) is 5.88. The lowest BCUT2D eigenvalue weighted by molar-refractivity contribution is -0.384. The Labute approximate surface area is 228 Å². The third-order valence-corrected chi connectivity index (χ3v) is 5.86. The van der Waals surface area contributed by atoms with E-state index >= 15 is 0 Å². The number of halogens is 1. The minimum atomic E-state index is -1.04. The number of nitrogens with zero attached hydrogens (tertiary/aromatic N) is 2. The molecule has 4 rings (SSSR count). The van der Waals surface area contributed by atoms with E-state index in [1.807, 2.05) is 0 Å². The highest BCUT2D eigenvalue weighted by atomic mass is 19.1. The molecule has 11 heteroatoms. The highest BCUT2D eigenvalue weighted by molar-refractivity contribution is 6.39. The van der Waals surface area contributed by atoms with E-state index in [-0.39, 0.29) is 30.2 Å². The Morgan fingerprint density at radius 1 is 1.05 bits per heavy atom. The van der Waals surface area contributed by atoms with Gasteiger partial charge in [0.15, 0.2) is 11.5 Å². The highest BCUT2D eigenvalue weighted by Gasteiger charge is 2.37. The summed E-state index contributed by atoms with van der Waals surface area (Å²) in [5, 5.41) is 13.3. The molecule has 0 atom stereocenters. The van der Waals surface area contributed by atoms with Crippen molar-refractivity contribution in [3.8, 4) is 11.5 Å². The molecule has 3 aromatic rings. The number of carbonyl (C=O) groups is 3. The molecule has 0 unspecified atom stereocenters. The number of nitrogens with one attached hydrogen (secondary N) is 1. The minimum Gasteiger partial charge on any atom is -0.490 e. The number of carbonyl (C=O) groups excluding carboxylic acids is 3. The van der Waals surface area contributed by atoms with Crippen LogP contribution in [0.1, 0.15) is 23.6 Å². The van der Waals surface area contributed by atoms with E-state index in [1.165, 1.54) is 30.3 Å². The van der Waals surface area contributed by atoms with Gasteiger partial charge in [0.05, 0.1) is 17.2 Å². The number of benzene rings is 3. The first-order valence-electron chi connectivity index (χ1n) is 12.2. The number of allylic oxidation sites excluding steroid dienone is 1. The van der Waals surface area contributed by atoms with E-state index in [4.69, 9.17) is 9.47 Å². The molecule has 1 saturated heterocycles.